The fourth-order valence-corrected chi connectivity index (χ4v) is 2.11. The summed E-state index contributed by atoms with van der Waals surface area (Å²) in [5.41, 5.74) is 0.765. The molecule has 1 heterocycles. The second-order valence-electron chi connectivity index (χ2n) is 4.67. The Hall–Kier alpha value is -1.30. The van der Waals surface area contributed by atoms with Crippen LogP contribution in [0, 0.1) is 5.82 Å². The third kappa shape index (κ3) is 3.35. The molecule has 2 N–H and O–H groups in total. The second kappa shape index (κ2) is 5.56. The Morgan fingerprint density at radius 2 is 1.78 bits per heavy atom. The third-order valence-corrected chi connectivity index (χ3v) is 3.05. The molecular formula is C13H16FNO3. The van der Waals surface area contributed by atoms with Gasteiger partial charge in [0, 0.05) is 19.5 Å². The van der Waals surface area contributed by atoms with Gasteiger partial charge in [-0.05, 0) is 17.7 Å². The van der Waals surface area contributed by atoms with Crippen molar-refractivity contribution in [1.82, 2.24) is 4.90 Å². The number of aliphatic hydroxyl groups excluding tert-OH is 2. The zero-order chi connectivity index (χ0) is 13.1. The van der Waals surface area contributed by atoms with Crippen LogP contribution in [0.5, 0.6) is 0 Å². The number of nitrogens with zero attached hydrogens (tertiary/aromatic N) is 1. The summed E-state index contributed by atoms with van der Waals surface area (Å²) >= 11 is 0. The largest absolute Gasteiger partial charge is 0.389 e. The van der Waals surface area contributed by atoms with Crippen LogP contribution in [-0.4, -0.2) is 52.7 Å². The molecule has 0 saturated carbocycles. The van der Waals surface area contributed by atoms with Crippen molar-refractivity contribution < 1.29 is 19.4 Å². The number of carbonyl (C=O) groups excluding carboxylic acids is 1. The van der Waals surface area contributed by atoms with Gasteiger partial charge in [-0.15, -0.1) is 0 Å². The molecule has 1 fully saturated rings. The normalized spacial score (nSPS) is 24.4. The fraction of sp³-hybridized carbons (Fsp3) is 0.462. The van der Waals surface area contributed by atoms with Crippen LogP contribution in [-0.2, 0) is 11.2 Å². The van der Waals surface area contributed by atoms with E-state index < -0.39 is 12.2 Å². The number of Topliss-reactive ketones (excluding diaryl/α,β-unsaturated/α-hetero) is 1. The summed E-state index contributed by atoms with van der Waals surface area (Å²) in [6, 6.07) is 5.82. The number of hydrogen-bond acceptors (Lipinski definition) is 4. The van der Waals surface area contributed by atoms with E-state index in [2.05, 4.69) is 0 Å². The van der Waals surface area contributed by atoms with Crippen LogP contribution in [0.3, 0.4) is 0 Å². The number of hydrogen-bond donors (Lipinski definition) is 2. The van der Waals surface area contributed by atoms with E-state index in [0.29, 0.717) is 13.1 Å². The number of aliphatic hydroxyl groups is 2. The molecule has 18 heavy (non-hydrogen) atoms. The molecule has 0 radical (unpaired) electrons. The van der Waals surface area contributed by atoms with Crippen molar-refractivity contribution in [3.63, 3.8) is 0 Å². The first kappa shape index (κ1) is 13.1. The SMILES string of the molecule is O=C(Cc1ccc(F)cc1)CN1CC(O)C(O)C1. The van der Waals surface area contributed by atoms with E-state index in [9.17, 15) is 19.4 Å². The highest BCUT2D eigenvalue weighted by molar-refractivity contribution is 5.82. The zero-order valence-corrected chi connectivity index (χ0v) is 9.92. The molecule has 1 aliphatic heterocycles. The van der Waals surface area contributed by atoms with Gasteiger partial charge in [0.05, 0.1) is 18.8 Å². The average molecular weight is 253 g/mol. The lowest BCUT2D eigenvalue weighted by molar-refractivity contribution is -0.119. The molecule has 2 rings (SSSR count). The molecule has 0 amide bonds. The van der Waals surface area contributed by atoms with Crippen LogP contribution < -0.4 is 0 Å². The third-order valence-electron chi connectivity index (χ3n) is 3.05. The minimum absolute atomic E-state index is 0.0112. The topological polar surface area (TPSA) is 60.8 Å². The summed E-state index contributed by atoms with van der Waals surface area (Å²) in [7, 11) is 0. The molecule has 1 aromatic rings. The predicted molar refractivity (Wildman–Crippen MR) is 63.6 cm³/mol. The van der Waals surface area contributed by atoms with Crippen molar-refractivity contribution in [1.29, 1.82) is 0 Å². The number of halogens is 1. The van der Waals surface area contributed by atoms with Crippen molar-refractivity contribution in [3.05, 3.63) is 35.6 Å². The smallest absolute Gasteiger partial charge is 0.151 e. The number of carbonyl (C=O) groups is 1. The van der Waals surface area contributed by atoms with Crippen LogP contribution in [0.15, 0.2) is 24.3 Å². The molecule has 4 nitrogen and oxygen atoms in total. The minimum Gasteiger partial charge on any atom is -0.389 e. The molecule has 1 aliphatic rings. The van der Waals surface area contributed by atoms with Crippen molar-refractivity contribution >= 4 is 5.78 Å². The number of ketones is 1. The molecular weight excluding hydrogens is 237 g/mol. The first-order valence-electron chi connectivity index (χ1n) is 5.89. The highest BCUT2D eigenvalue weighted by atomic mass is 19.1. The molecule has 98 valence electrons. The number of likely N-dealkylation sites (tertiary alicyclic amines) is 1. The highest BCUT2D eigenvalue weighted by Crippen LogP contribution is 2.10. The standard InChI is InChI=1S/C13H16FNO3/c14-10-3-1-9(2-4-10)5-11(16)6-15-7-12(17)13(18)8-15/h1-4,12-13,17-18H,5-8H2. The van der Waals surface area contributed by atoms with Crippen LogP contribution in [0.1, 0.15) is 5.56 Å². The lowest BCUT2D eigenvalue weighted by Crippen LogP contribution is -2.29. The van der Waals surface area contributed by atoms with Crippen molar-refractivity contribution in [2.24, 2.45) is 0 Å². The van der Waals surface area contributed by atoms with Crippen molar-refractivity contribution in [3.8, 4) is 0 Å². The maximum atomic E-state index is 12.7. The van der Waals surface area contributed by atoms with Gasteiger partial charge >= 0.3 is 0 Å². The van der Waals surface area contributed by atoms with E-state index in [1.54, 1.807) is 17.0 Å². The molecule has 0 spiro atoms. The van der Waals surface area contributed by atoms with E-state index in [-0.39, 0.29) is 24.6 Å². The van der Waals surface area contributed by atoms with Crippen molar-refractivity contribution in [2.45, 2.75) is 18.6 Å². The number of β-amino-alcohol motifs (C(OH)–C–C–N with tert-alkyl or cyclic N) is 2. The summed E-state index contributed by atoms with van der Waals surface area (Å²) in [6.45, 7) is 0.831. The molecule has 0 aliphatic carbocycles. The lowest BCUT2D eigenvalue weighted by atomic mass is 10.1. The minimum atomic E-state index is -0.774. The number of benzene rings is 1. The van der Waals surface area contributed by atoms with Gasteiger partial charge in [0.25, 0.3) is 0 Å². The monoisotopic (exact) mass is 253 g/mol. The van der Waals surface area contributed by atoms with Gasteiger partial charge < -0.3 is 10.2 Å². The van der Waals surface area contributed by atoms with Gasteiger partial charge in [-0.2, -0.15) is 0 Å². The first-order chi connectivity index (χ1) is 8.54. The maximum absolute atomic E-state index is 12.7. The Balaban J connectivity index is 1.84. The molecule has 2 atom stereocenters. The second-order valence-corrected chi connectivity index (χ2v) is 4.67. The maximum Gasteiger partial charge on any atom is 0.151 e. The van der Waals surface area contributed by atoms with Crippen LogP contribution in [0.4, 0.5) is 4.39 Å². The lowest BCUT2D eigenvalue weighted by Gasteiger charge is -2.13. The molecule has 0 aromatic heterocycles. The van der Waals surface area contributed by atoms with E-state index in [1.807, 2.05) is 0 Å². The van der Waals surface area contributed by atoms with Crippen LogP contribution >= 0.6 is 0 Å². The van der Waals surface area contributed by atoms with E-state index >= 15 is 0 Å². The predicted octanol–water partition coefficient (Wildman–Crippen LogP) is -0.0253. The molecule has 2 unspecified atom stereocenters. The van der Waals surface area contributed by atoms with Gasteiger partial charge in [-0.25, -0.2) is 4.39 Å². The summed E-state index contributed by atoms with van der Waals surface area (Å²) in [5.74, 6) is -0.333. The molecule has 1 aromatic carbocycles. The number of rotatable bonds is 4. The van der Waals surface area contributed by atoms with Crippen LogP contribution in [0.25, 0.3) is 0 Å². The van der Waals surface area contributed by atoms with Gasteiger partial charge in [0.1, 0.15) is 5.82 Å². The van der Waals surface area contributed by atoms with E-state index in [1.165, 1.54) is 12.1 Å². The average Bonchev–Trinajstić information content (AvgIpc) is 2.61. The summed E-state index contributed by atoms with van der Waals surface area (Å²) in [5, 5.41) is 18.7. The molecule has 5 heteroatoms. The quantitative estimate of drug-likeness (QED) is 0.791. The van der Waals surface area contributed by atoms with Gasteiger partial charge in [-0.3, -0.25) is 9.69 Å². The van der Waals surface area contributed by atoms with Gasteiger partial charge in [0.15, 0.2) is 5.78 Å². The van der Waals surface area contributed by atoms with Crippen molar-refractivity contribution in [2.75, 3.05) is 19.6 Å². The zero-order valence-electron chi connectivity index (χ0n) is 9.92. The Labute approximate surface area is 105 Å². The van der Waals surface area contributed by atoms with Gasteiger partial charge in [0.2, 0.25) is 0 Å². The Kier molecular flexibility index (Phi) is 4.06. The Morgan fingerprint density at radius 1 is 1.22 bits per heavy atom. The fourth-order valence-electron chi connectivity index (χ4n) is 2.11. The summed E-state index contributed by atoms with van der Waals surface area (Å²) < 4.78 is 12.7. The molecule has 0 bridgehead atoms. The first-order valence-corrected chi connectivity index (χ1v) is 5.89. The van der Waals surface area contributed by atoms with Crippen LogP contribution in [0.2, 0.25) is 0 Å². The summed E-state index contributed by atoms with van der Waals surface area (Å²) in [4.78, 5) is 13.5. The molecule has 1 saturated heterocycles. The highest BCUT2D eigenvalue weighted by Gasteiger charge is 2.30. The Bertz CT molecular complexity index is 411. The van der Waals surface area contributed by atoms with E-state index in [0.717, 1.165) is 5.56 Å². The summed E-state index contributed by atoms with van der Waals surface area (Å²) in [6.07, 6.45) is -1.31. The Morgan fingerprint density at radius 3 is 2.33 bits per heavy atom. The van der Waals surface area contributed by atoms with E-state index in [4.69, 9.17) is 0 Å². The van der Waals surface area contributed by atoms with Gasteiger partial charge in [-0.1, -0.05) is 12.1 Å².